The van der Waals surface area contributed by atoms with Crippen LogP contribution in [0.1, 0.15) is 25.0 Å². The van der Waals surface area contributed by atoms with Crippen molar-refractivity contribution in [2.24, 2.45) is 4.99 Å². The average molecular weight is 524 g/mol. The van der Waals surface area contributed by atoms with Crippen molar-refractivity contribution >= 4 is 39.8 Å². The van der Waals surface area contributed by atoms with E-state index in [1.165, 1.54) is 6.26 Å². The number of morpholine rings is 1. The number of hydrogen-bond donors (Lipinski definition) is 2. The molecule has 0 spiro atoms. The Morgan fingerprint density at radius 2 is 1.96 bits per heavy atom. The largest absolute Gasteiger partial charge is 0.379 e. The first kappa shape index (κ1) is 25.1. The monoisotopic (exact) mass is 524 g/mol. The van der Waals surface area contributed by atoms with E-state index in [0.29, 0.717) is 17.5 Å². The topological polar surface area (TPSA) is 83.0 Å². The second kappa shape index (κ2) is 11.9. The molecule has 1 aromatic rings. The summed E-state index contributed by atoms with van der Waals surface area (Å²) in [7, 11) is -3.19. The van der Waals surface area contributed by atoms with E-state index in [9.17, 15) is 8.42 Å². The van der Waals surface area contributed by atoms with Gasteiger partial charge in [-0.15, -0.1) is 24.0 Å². The Bertz CT molecular complexity index is 750. The van der Waals surface area contributed by atoms with Crippen LogP contribution in [0.5, 0.6) is 0 Å². The number of aryl methyl sites for hydroxylation is 1. The molecule has 0 aromatic heterocycles. The van der Waals surface area contributed by atoms with Crippen LogP contribution in [0.15, 0.2) is 28.1 Å². The van der Waals surface area contributed by atoms with Crippen LogP contribution in [-0.2, 0) is 21.1 Å². The van der Waals surface area contributed by atoms with Gasteiger partial charge in [0.2, 0.25) is 0 Å². The SMILES string of the molecule is CCNC(=NCc1ccc(S(C)(=O)=O)c(C)c1)NCC(C)N1CCOCC1.I. The van der Waals surface area contributed by atoms with Crippen molar-refractivity contribution < 1.29 is 13.2 Å². The van der Waals surface area contributed by atoms with Gasteiger partial charge in [0.25, 0.3) is 0 Å². The second-order valence-corrected chi connectivity index (χ2v) is 8.93. The van der Waals surface area contributed by atoms with E-state index in [2.05, 4.69) is 27.4 Å². The molecule has 1 aromatic carbocycles. The molecule has 160 valence electrons. The van der Waals surface area contributed by atoms with Crippen LogP contribution in [0.25, 0.3) is 0 Å². The molecule has 0 radical (unpaired) electrons. The summed E-state index contributed by atoms with van der Waals surface area (Å²) in [6.07, 6.45) is 1.23. The van der Waals surface area contributed by atoms with Crippen LogP contribution in [-0.4, -0.2) is 71.0 Å². The highest BCUT2D eigenvalue weighted by atomic mass is 127. The van der Waals surface area contributed by atoms with Crippen LogP contribution < -0.4 is 10.6 Å². The molecule has 1 saturated heterocycles. The van der Waals surface area contributed by atoms with Gasteiger partial charge in [-0.1, -0.05) is 12.1 Å². The number of nitrogens with one attached hydrogen (secondary N) is 2. The fourth-order valence-electron chi connectivity index (χ4n) is 3.13. The first-order chi connectivity index (χ1) is 12.8. The molecule has 28 heavy (non-hydrogen) atoms. The fourth-order valence-corrected chi connectivity index (χ4v) is 4.09. The standard InChI is InChI=1S/C19H32N4O3S.HI/c1-5-20-19(21-13-16(3)23-8-10-26-11-9-23)22-14-17-6-7-18(15(2)12-17)27(4,24)25;/h6-7,12,16H,5,8-11,13-14H2,1-4H3,(H2,20,21,22);1H. The van der Waals surface area contributed by atoms with Crippen LogP contribution in [0.4, 0.5) is 0 Å². The highest BCUT2D eigenvalue weighted by Crippen LogP contribution is 2.17. The number of aliphatic imine (C=N–C) groups is 1. The molecule has 1 unspecified atom stereocenters. The number of hydrogen-bond acceptors (Lipinski definition) is 5. The van der Waals surface area contributed by atoms with Crippen LogP contribution in [0.2, 0.25) is 0 Å². The highest BCUT2D eigenvalue weighted by Gasteiger charge is 2.17. The number of benzene rings is 1. The summed E-state index contributed by atoms with van der Waals surface area (Å²) in [6.45, 7) is 11.6. The maximum atomic E-state index is 11.7. The summed E-state index contributed by atoms with van der Waals surface area (Å²) in [5.41, 5.74) is 1.74. The fraction of sp³-hybridized carbons (Fsp3) is 0.632. The number of nitrogens with zero attached hydrogens (tertiary/aromatic N) is 2. The molecule has 0 amide bonds. The van der Waals surface area contributed by atoms with Gasteiger partial charge in [-0.3, -0.25) is 4.90 Å². The van der Waals surface area contributed by atoms with Crippen molar-refractivity contribution in [3.63, 3.8) is 0 Å². The molecule has 0 saturated carbocycles. The lowest BCUT2D eigenvalue weighted by Crippen LogP contribution is -2.49. The summed E-state index contributed by atoms with van der Waals surface area (Å²) < 4.78 is 28.9. The predicted octanol–water partition coefficient (Wildman–Crippen LogP) is 1.79. The molecule has 1 heterocycles. The van der Waals surface area contributed by atoms with Crippen LogP contribution in [0, 0.1) is 6.92 Å². The lowest BCUT2D eigenvalue weighted by atomic mass is 10.1. The van der Waals surface area contributed by atoms with E-state index in [-0.39, 0.29) is 24.0 Å². The van der Waals surface area contributed by atoms with Gasteiger partial charge >= 0.3 is 0 Å². The highest BCUT2D eigenvalue weighted by molar-refractivity contribution is 14.0. The van der Waals surface area contributed by atoms with E-state index < -0.39 is 9.84 Å². The molecule has 7 nitrogen and oxygen atoms in total. The van der Waals surface area contributed by atoms with Gasteiger partial charge in [0.05, 0.1) is 24.7 Å². The zero-order valence-corrected chi connectivity index (χ0v) is 20.3. The molecule has 0 aliphatic carbocycles. The summed E-state index contributed by atoms with van der Waals surface area (Å²) in [5, 5.41) is 6.66. The number of sulfone groups is 1. The summed E-state index contributed by atoms with van der Waals surface area (Å²) >= 11 is 0. The van der Waals surface area contributed by atoms with Gasteiger partial charge in [-0.2, -0.15) is 0 Å². The second-order valence-electron chi connectivity index (χ2n) is 6.95. The zero-order chi connectivity index (χ0) is 19.9. The Labute approximate surface area is 186 Å². The Morgan fingerprint density at radius 3 is 2.54 bits per heavy atom. The Morgan fingerprint density at radius 1 is 1.29 bits per heavy atom. The number of ether oxygens (including phenoxy) is 1. The smallest absolute Gasteiger partial charge is 0.191 e. The molecule has 9 heteroatoms. The third kappa shape index (κ3) is 7.84. The van der Waals surface area contributed by atoms with Crippen molar-refractivity contribution in [1.82, 2.24) is 15.5 Å². The normalized spacial score (nSPS) is 16.9. The first-order valence-corrected chi connectivity index (χ1v) is 11.3. The minimum atomic E-state index is -3.19. The molecule has 1 aliphatic rings. The van der Waals surface area contributed by atoms with Gasteiger partial charge < -0.3 is 15.4 Å². The molecule has 1 atom stereocenters. The van der Waals surface area contributed by atoms with Gasteiger partial charge in [-0.25, -0.2) is 13.4 Å². The summed E-state index contributed by atoms with van der Waals surface area (Å²) in [6, 6.07) is 5.78. The number of rotatable bonds is 7. The molecule has 0 bridgehead atoms. The number of halogens is 1. The maximum Gasteiger partial charge on any atom is 0.191 e. The molecule has 1 fully saturated rings. The van der Waals surface area contributed by atoms with E-state index in [1.54, 1.807) is 6.07 Å². The lowest BCUT2D eigenvalue weighted by molar-refractivity contribution is 0.0211. The average Bonchev–Trinajstić information content (AvgIpc) is 2.63. The Kier molecular flexibility index (Phi) is 10.7. The third-order valence-corrected chi connectivity index (χ3v) is 5.89. The number of guanidine groups is 1. The van der Waals surface area contributed by atoms with E-state index >= 15 is 0 Å². The lowest BCUT2D eigenvalue weighted by Gasteiger charge is -2.32. The van der Waals surface area contributed by atoms with Gasteiger partial charge in [0.1, 0.15) is 0 Å². The Balaban J connectivity index is 0.00000392. The van der Waals surface area contributed by atoms with Gasteiger partial charge in [0.15, 0.2) is 15.8 Å². The third-order valence-electron chi connectivity index (χ3n) is 4.64. The van der Waals surface area contributed by atoms with Crippen molar-refractivity contribution in [3.8, 4) is 0 Å². The predicted molar refractivity (Wildman–Crippen MR) is 124 cm³/mol. The quantitative estimate of drug-likeness (QED) is 0.322. The Hall–Kier alpha value is -0.910. The van der Waals surface area contributed by atoms with Gasteiger partial charge in [-0.05, 0) is 38.0 Å². The minimum absolute atomic E-state index is 0. The van der Waals surface area contributed by atoms with Crippen LogP contribution >= 0.6 is 24.0 Å². The first-order valence-electron chi connectivity index (χ1n) is 9.44. The maximum absolute atomic E-state index is 11.7. The van der Waals surface area contributed by atoms with Crippen molar-refractivity contribution in [3.05, 3.63) is 29.3 Å². The van der Waals surface area contributed by atoms with E-state index in [4.69, 9.17) is 4.74 Å². The zero-order valence-electron chi connectivity index (χ0n) is 17.2. The molecule has 2 N–H and O–H groups in total. The van der Waals surface area contributed by atoms with Crippen molar-refractivity contribution in [2.45, 2.75) is 38.3 Å². The minimum Gasteiger partial charge on any atom is -0.379 e. The van der Waals surface area contributed by atoms with Crippen molar-refractivity contribution in [2.75, 3.05) is 45.6 Å². The molecular weight excluding hydrogens is 491 g/mol. The van der Waals surface area contributed by atoms with E-state index in [1.807, 2.05) is 26.0 Å². The molecule has 1 aliphatic heterocycles. The summed E-state index contributed by atoms with van der Waals surface area (Å²) in [4.78, 5) is 7.42. The van der Waals surface area contributed by atoms with E-state index in [0.717, 1.165) is 56.5 Å². The molecular formula is C19H33IN4O3S. The molecule has 2 rings (SSSR count). The van der Waals surface area contributed by atoms with Crippen LogP contribution in [0.3, 0.4) is 0 Å². The van der Waals surface area contributed by atoms with Crippen molar-refractivity contribution in [1.29, 1.82) is 0 Å². The van der Waals surface area contributed by atoms with Gasteiger partial charge in [0, 0.05) is 38.5 Å². The summed E-state index contributed by atoms with van der Waals surface area (Å²) in [5.74, 6) is 0.766.